The molecule has 0 fully saturated rings. The van der Waals surface area contributed by atoms with E-state index in [1.54, 1.807) is 18.3 Å². The van der Waals surface area contributed by atoms with Gasteiger partial charge in [-0.1, -0.05) is 20.8 Å². The van der Waals surface area contributed by atoms with Gasteiger partial charge in [0.2, 0.25) is 5.78 Å². The number of ether oxygens (including phenoxy) is 1. The molecule has 3 rings (SSSR count). The smallest absolute Gasteiger partial charge is 0.252 e. The molecular weight excluding hydrogens is 334 g/mol. The van der Waals surface area contributed by atoms with Crippen LogP contribution >= 0.6 is 0 Å². The monoisotopic (exact) mass is 353 g/mol. The molecule has 0 saturated heterocycles. The van der Waals surface area contributed by atoms with Crippen molar-refractivity contribution >= 4 is 12.0 Å². The summed E-state index contributed by atoms with van der Waals surface area (Å²) in [7, 11) is 0. The molecule has 0 saturated carbocycles. The second kappa shape index (κ2) is 7.26. The predicted octanol–water partition coefficient (Wildman–Crippen LogP) is 1.94. The molecule has 2 aromatic heterocycles. The zero-order valence-electron chi connectivity index (χ0n) is 14.7. The summed E-state index contributed by atoms with van der Waals surface area (Å²) in [5.41, 5.74) is 0.285. The highest BCUT2D eigenvalue weighted by atomic mass is 16.5. The van der Waals surface area contributed by atoms with Gasteiger partial charge in [-0.05, 0) is 29.8 Å². The highest BCUT2D eigenvalue weighted by Gasteiger charge is 2.33. The molecule has 2 heterocycles. The molecular formula is C17H19N7O2. The molecule has 1 unspecified atom stereocenters. The van der Waals surface area contributed by atoms with Crippen LogP contribution in [0.3, 0.4) is 0 Å². The third kappa shape index (κ3) is 4.18. The van der Waals surface area contributed by atoms with E-state index in [0.29, 0.717) is 5.75 Å². The van der Waals surface area contributed by atoms with Crippen LogP contribution in [-0.4, -0.2) is 41.6 Å². The molecule has 1 atom stereocenters. The quantitative estimate of drug-likeness (QED) is 0.628. The van der Waals surface area contributed by atoms with Crippen molar-refractivity contribution in [3.8, 4) is 5.75 Å². The molecule has 0 aliphatic carbocycles. The Morgan fingerprint density at radius 2 is 1.85 bits per heavy atom. The number of ketones is 1. The zero-order valence-corrected chi connectivity index (χ0v) is 14.7. The van der Waals surface area contributed by atoms with E-state index in [9.17, 15) is 4.79 Å². The Balaban J connectivity index is 1.76. The molecule has 0 radical (unpaired) electrons. The maximum Gasteiger partial charge on any atom is 0.252 e. The Kier molecular flexibility index (Phi) is 4.87. The SMILES string of the molecule is CC(C)(C)C(=O)C(Oc1ccc(/C=N/n2cnnc2)cc1)n1cncn1. The Morgan fingerprint density at radius 1 is 1.15 bits per heavy atom. The van der Waals surface area contributed by atoms with E-state index >= 15 is 0 Å². The first-order valence-corrected chi connectivity index (χ1v) is 7.97. The van der Waals surface area contributed by atoms with Crippen molar-refractivity contribution < 1.29 is 9.53 Å². The number of aromatic nitrogens is 6. The minimum atomic E-state index is -0.881. The van der Waals surface area contributed by atoms with E-state index in [1.165, 1.54) is 34.7 Å². The first-order valence-electron chi connectivity index (χ1n) is 7.97. The minimum Gasteiger partial charge on any atom is -0.461 e. The molecule has 0 spiro atoms. The molecule has 9 nitrogen and oxygen atoms in total. The van der Waals surface area contributed by atoms with Gasteiger partial charge in [-0.3, -0.25) is 4.79 Å². The number of hydrogen-bond acceptors (Lipinski definition) is 7. The highest BCUT2D eigenvalue weighted by Crippen LogP contribution is 2.26. The van der Waals surface area contributed by atoms with Crippen molar-refractivity contribution in [1.82, 2.24) is 29.6 Å². The predicted molar refractivity (Wildman–Crippen MR) is 93.6 cm³/mol. The van der Waals surface area contributed by atoms with E-state index in [-0.39, 0.29) is 5.78 Å². The second-order valence-electron chi connectivity index (χ2n) is 6.62. The van der Waals surface area contributed by atoms with Crippen LogP contribution in [0.5, 0.6) is 5.75 Å². The molecule has 0 bridgehead atoms. The van der Waals surface area contributed by atoms with Crippen LogP contribution in [0.1, 0.15) is 32.6 Å². The lowest BCUT2D eigenvalue weighted by Crippen LogP contribution is -2.34. The number of benzene rings is 1. The van der Waals surface area contributed by atoms with Crippen molar-refractivity contribution in [1.29, 1.82) is 0 Å². The number of Topliss-reactive ketones (excluding diaryl/α,β-unsaturated/α-hetero) is 1. The Morgan fingerprint density at radius 3 is 2.42 bits per heavy atom. The van der Waals surface area contributed by atoms with E-state index in [0.717, 1.165) is 5.56 Å². The molecule has 3 aromatic rings. The molecule has 0 amide bonds. The third-order valence-electron chi connectivity index (χ3n) is 3.51. The van der Waals surface area contributed by atoms with Crippen molar-refractivity contribution in [2.45, 2.75) is 27.0 Å². The Hall–Kier alpha value is -3.36. The van der Waals surface area contributed by atoms with Crippen LogP contribution in [0.2, 0.25) is 0 Å². The van der Waals surface area contributed by atoms with Gasteiger partial charge in [0.05, 0.1) is 6.21 Å². The van der Waals surface area contributed by atoms with Crippen LogP contribution in [0.15, 0.2) is 54.7 Å². The minimum absolute atomic E-state index is 0.0961. The van der Waals surface area contributed by atoms with Gasteiger partial charge < -0.3 is 4.74 Å². The summed E-state index contributed by atoms with van der Waals surface area (Å²) >= 11 is 0. The number of carbonyl (C=O) groups excluding carboxylic acids is 1. The normalized spacial score (nSPS) is 13.0. The lowest BCUT2D eigenvalue weighted by atomic mass is 9.90. The molecule has 134 valence electrons. The fourth-order valence-corrected chi connectivity index (χ4v) is 2.09. The number of hydrogen-bond donors (Lipinski definition) is 0. The van der Waals surface area contributed by atoms with Crippen molar-refractivity contribution in [3.63, 3.8) is 0 Å². The average Bonchev–Trinajstić information content (AvgIpc) is 3.31. The molecule has 0 aliphatic heterocycles. The Labute approximate surface area is 150 Å². The Bertz CT molecular complexity index is 863. The maximum absolute atomic E-state index is 12.7. The van der Waals surface area contributed by atoms with Crippen LogP contribution in [0, 0.1) is 5.41 Å². The molecule has 0 N–H and O–H groups in total. The lowest BCUT2D eigenvalue weighted by Gasteiger charge is -2.25. The van der Waals surface area contributed by atoms with E-state index < -0.39 is 11.6 Å². The van der Waals surface area contributed by atoms with Crippen LogP contribution in [0.25, 0.3) is 0 Å². The van der Waals surface area contributed by atoms with Crippen molar-refractivity contribution in [2.75, 3.05) is 0 Å². The standard InChI is InChI=1S/C17H19N7O2/c1-17(2,3)15(25)16(24-10-18-9-22-24)26-14-6-4-13(5-7-14)8-21-23-11-19-20-12-23/h4-12,16H,1-3H3/b21-8+. The van der Waals surface area contributed by atoms with Gasteiger partial charge in [-0.25, -0.2) is 14.3 Å². The second-order valence-corrected chi connectivity index (χ2v) is 6.62. The number of carbonyl (C=O) groups is 1. The highest BCUT2D eigenvalue weighted by molar-refractivity contribution is 5.86. The molecule has 9 heteroatoms. The van der Waals surface area contributed by atoms with Gasteiger partial charge in [0.25, 0.3) is 6.23 Å². The zero-order chi connectivity index (χ0) is 18.6. The summed E-state index contributed by atoms with van der Waals surface area (Å²) in [6.07, 6.45) is 6.62. The van der Waals surface area contributed by atoms with Gasteiger partial charge in [0.15, 0.2) is 0 Å². The third-order valence-corrected chi connectivity index (χ3v) is 3.51. The van der Waals surface area contributed by atoms with E-state index in [2.05, 4.69) is 25.4 Å². The fourth-order valence-electron chi connectivity index (χ4n) is 2.09. The lowest BCUT2D eigenvalue weighted by molar-refractivity contribution is -0.138. The van der Waals surface area contributed by atoms with Crippen molar-refractivity contribution in [3.05, 3.63) is 55.1 Å². The summed E-state index contributed by atoms with van der Waals surface area (Å²) in [5.74, 6) is 0.450. The van der Waals surface area contributed by atoms with E-state index in [4.69, 9.17) is 4.74 Å². The number of rotatable bonds is 6. The van der Waals surface area contributed by atoms with Gasteiger partial charge in [-0.15, -0.1) is 10.2 Å². The summed E-state index contributed by atoms with van der Waals surface area (Å²) in [4.78, 5) is 16.6. The van der Waals surface area contributed by atoms with Crippen molar-refractivity contribution in [2.24, 2.45) is 10.5 Å². The number of nitrogens with zero attached hydrogens (tertiary/aromatic N) is 7. The average molecular weight is 353 g/mol. The van der Waals surface area contributed by atoms with Gasteiger partial charge in [0, 0.05) is 5.41 Å². The first-order chi connectivity index (χ1) is 12.4. The fraction of sp³-hybridized carbons (Fsp3) is 0.294. The topological polar surface area (TPSA) is 100 Å². The van der Waals surface area contributed by atoms with E-state index in [1.807, 2.05) is 32.9 Å². The molecule has 26 heavy (non-hydrogen) atoms. The summed E-state index contributed by atoms with van der Waals surface area (Å²) < 4.78 is 8.80. The first kappa shape index (κ1) is 17.5. The van der Waals surface area contributed by atoms with Crippen LogP contribution in [-0.2, 0) is 4.79 Å². The van der Waals surface area contributed by atoms with Crippen LogP contribution in [0.4, 0.5) is 0 Å². The molecule has 1 aromatic carbocycles. The molecule has 0 aliphatic rings. The summed E-state index contributed by atoms with van der Waals surface area (Å²) in [6.45, 7) is 5.52. The van der Waals surface area contributed by atoms with Gasteiger partial charge in [-0.2, -0.15) is 10.2 Å². The maximum atomic E-state index is 12.7. The van der Waals surface area contributed by atoms with Gasteiger partial charge in [0.1, 0.15) is 31.1 Å². The summed E-state index contributed by atoms with van der Waals surface area (Å²) in [6, 6.07) is 7.22. The summed E-state index contributed by atoms with van der Waals surface area (Å²) in [5, 5.41) is 15.6. The largest absolute Gasteiger partial charge is 0.461 e. The van der Waals surface area contributed by atoms with Crippen LogP contribution < -0.4 is 4.74 Å². The van der Waals surface area contributed by atoms with Gasteiger partial charge >= 0.3 is 0 Å².